The number of Topliss-reactive ketones (excluding diaryl/α,β-unsaturated/α-hetero) is 1. The molecule has 0 saturated heterocycles. The van der Waals surface area contributed by atoms with Crippen LogP contribution in [0.2, 0.25) is 0 Å². The Morgan fingerprint density at radius 1 is 1.05 bits per heavy atom. The normalized spacial score (nSPS) is 10.5. The summed E-state index contributed by atoms with van der Waals surface area (Å²) in [6.45, 7) is 4.14. The zero-order chi connectivity index (χ0) is 14.3. The first-order valence-electron chi connectivity index (χ1n) is 6.87. The zero-order valence-electron chi connectivity index (χ0n) is 11.9. The molecule has 0 fully saturated rings. The van der Waals surface area contributed by atoms with Crippen molar-refractivity contribution in [3.05, 3.63) is 35.4 Å². The van der Waals surface area contributed by atoms with E-state index in [0.29, 0.717) is 11.1 Å². The summed E-state index contributed by atoms with van der Waals surface area (Å²) in [5.41, 5.74) is 0.855. The first kappa shape index (κ1) is 15.4. The third-order valence-corrected chi connectivity index (χ3v) is 3.24. The Morgan fingerprint density at radius 2 is 1.58 bits per heavy atom. The predicted molar refractivity (Wildman–Crippen MR) is 75.4 cm³/mol. The number of methoxy groups -OCH3 is 1. The molecule has 0 atom stereocenters. The van der Waals surface area contributed by atoms with E-state index in [0.717, 1.165) is 25.7 Å². The van der Waals surface area contributed by atoms with Crippen molar-refractivity contribution in [1.29, 1.82) is 0 Å². The summed E-state index contributed by atoms with van der Waals surface area (Å²) in [4.78, 5) is 24.3. The van der Waals surface area contributed by atoms with Crippen LogP contribution in [0.5, 0.6) is 0 Å². The molecule has 1 aromatic rings. The van der Waals surface area contributed by atoms with Gasteiger partial charge in [0.25, 0.3) is 0 Å². The number of hydrogen-bond donors (Lipinski definition) is 0. The molecule has 3 heteroatoms. The van der Waals surface area contributed by atoms with Crippen LogP contribution in [-0.2, 0) is 4.74 Å². The molecule has 0 unspecified atom stereocenters. The number of ether oxygens (including phenoxy) is 1. The maximum Gasteiger partial charge on any atom is 0.338 e. The second kappa shape index (κ2) is 7.72. The lowest BCUT2D eigenvalue weighted by atomic mass is 9.88. The van der Waals surface area contributed by atoms with Gasteiger partial charge in [-0.1, -0.05) is 44.9 Å². The van der Waals surface area contributed by atoms with E-state index in [4.69, 9.17) is 4.74 Å². The monoisotopic (exact) mass is 262 g/mol. The van der Waals surface area contributed by atoms with E-state index in [-0.39, 0.29) is 11.7 Å². The third-order valence-electron chi connectivity index (χ3n) is 3.24. The maximum absolute atomic E-state index is 12.6. The number of ketones is 1. The Hall–Kier alpha value is -1.64. The van der Waals surface area contributed by atoms with Gasteiger partial charge < -0.3 is 4.74 Å². The van der Waals surface area contributed by atoms with Crippen LogP contribution in [-0.4, -0.2) is 18.9 Å². The van der Waals surface area contributed by atoms with Gasteiger partial charge >= 0.3 is 5.97 Å². The van der Waals surface area contributed by atoms with E-state index >= 15 is 0 Å². The lowest BCUT2D eigenvalue weighted by molar-refractivity contribution is 0.0595. The Kier molecular flexibility index (Phi) is 6.26. The number of hydrogen-bond acceptors (Lipinski definition) is 3. The summed E-state index contributed by atoms with van der Waals surface area (Å²) < 4.78 is 4.74. The molecule has 0 heterocycles. The first-order chi connectivity index (χ1) is 9.15. The SMILES string of the molecule is CCCC(CCC)C(=O)c1ccccc1C(=O)OC. The minimum atomic E-state index is -0.448. The number of benzene rings is 1. The van der Waals surface area contributed by atoms with E-state index < -0.39 is 5.97 Å². The lowest BCUT2D eigenvalue weighted by Gasteiger charge is -2.15. The number of esters is 1. The molecule has 0 N–H and O–H groups in total. The Bertz CT molecular complexity index is 431. The van der Waals surface area contributed by atoms with Crippen molar-refractivity contribution in [2.75, 3.05) is 7.11 Å². The molecular weight excluding hydrogens is 240 g/mol. The van der Waals surface area contributed by atoms with Crippen LogP contribution in [0.4, 0.5) is 0 Å². The fraction of sp³-hybridized carbons (Fsp3) is 0.500. The predicted octanol–water partition coefficient (Wildman–Crippen LogP) is 3.87. The highest BCUT2D eigenvalue weighted by Gasteiger charge is 2.23. The van der Waals surface area contributed by atoms with Gasteiger partial charge in [-0.05, 0) is 18.9 Å². The third kappa shape index (κ3) is 3.91. The van der Waals surface area contributed by atoms with Crippen molar-refractivity contribution in [2.45, 2.75) is 39.5 Å². The van der Waals surface area contributed by atoms with Gasteiger partial charge in [-0.25, -0.2) is 4.79 Å². The molecule has 3 nitrogen and oxygen atoms in total. The van der Waals surface area contributed by atoms with E-state index in [1.165, 1.54) is 7.11 Å². The minimum Gasteiger partial charge on any atom is -0.465 e. The van der Waals surface area contributed by atoms with Crippen LogP contribution < -0.4 is 0 Å². The van der Waals surface area contributed by atoms with Gasteiger partial charge in [-0.3, -0.25) is 4.79 Å². The molecule has 0 radical (unpaired) electrons. The van der Waals surface area contributed by atoms with Crippen molar-refractivity contribution in [1.82, 2.24) is 0 Å². The number of carbonyl (C=O) groups is 2. The Morgan fingerprint density at radius 3 is 2.05 bits per heavy atom. The Balaban J connectivity index is 3.06. The van der Waals surface area contributed by atoms with Gasteiger partial charge in [-0.15, -0.1) is 0 Å². The van der Waals surface area contributed by atoms with Crippen molar-refractivity contribution < 1.29 is 14.3 Å². The minimum absolute atomic E-state index is 0.000746. The zero-order valence-corrected chi connectivity index (χ0v) is 11.9. The highest BCUT2D eigenvalue weighted by atomic mass is 16.5. The Labute approximate surface area is 115 Å². The average molecular weight is 262 g/mol. The first-order valence-corrected chi connectivity index (χ1v) is 6.87. The number of carbonyl (C=O) groups excluding carboxylic acids is 2. The summed E-state index contributed by atoms with van der Waals surface area (Å²) in [5.74, 6) is -0.388. The number of rotatable bonds is 7. The molecule has 1 aromatic carbocycles. The molecule has 0 aliphatic heterocycles. The van der Waals surface area contributed by atoms with Crippen LogP contribution in [0.1, 0.15) is 60.2 Å². The smallest absolute Gasteiger partial charge is 0.338 e. The molecule has 0 bridgehead atoms. The largest absolute Gasteiger partial charge is 0.465 e. The van der Waals surface area contributed by atoms with Gasteiger partial charge in [-0.2, -0.15) is 0 Å². The van der Waals surface area contributed by atoms with Gasteiger partial charge in [0.15, 0.2) is 5.78 Å². The highest BCUT2D eigenvalue weighted by Crippen LogP contribution is 2.22. The van der Waals surface area contributed by atoms with E-state index in [9.17, 15) is 9.59 Å². The van der Waals surface area contributed by atoms with Crippen LogP contribution >= 0.6 is 0 Å². The van der Waals surface area contributed by atoms with E-state index in [1.807, 2.05) is 0 Å². The summed E-state index contributed by atoms with van der Waals surface area (Å²) in [6, 6.07) is 6.90. The van der Waals surface area contributed by atoms with Crippen molar-refractivity contribution in [3.8, 4) is 0 Å². The van der Waals surface area contributed by atoms with Crippen LogP contribution in [0.15, 0.2) is 24.3 Å². The molecule has 0 aromatic heterocycles. The van der Waals surface area contributed by atoms with Crippen molar-refractivity contribution >= 4 is 11.8 Å². The van der Waals surface area contributed by atoms with Gasteiger partial charge in [0.05, 0.1) is 12.7 Å². The second-order valence-electron chi connectivity index (χ2n) is 4.68. The fourth-order valence-corrected chi connectivity index (χ4v) is 2.31. The highest BCUT2D eigenvalue weighted by molar-refractivity contribution is 6.07. The van der Waals surface area contributed by atoms with Gasteiger partial charge in [0.2, 0.25) is 0 Å². The van der Waals surface area contributed by atoms with Gasteiger partial charge in [0, 0.05) is 11.5 Å². The van der Waals surface area contributed by atoms with E-state index in [1.54, 1.807) is 24.3 Å². The van der Waals surface area contributed by atoms with Crippen LogP contribution in [0, 0.1) is 5.92 Å². The van der Waals surface area contributed by atoms with Crippen molar-refractivity contribution in [2.24, 2.45) is 5.92 Å². The summed E-state index contributed by atoms with van der Waals surface area (Å²) in [7, 11) is 1.33. The molecule has 1 rings (SSSR count). The molecular formula is C16H22O3. The standard InChI is InChI=1S/C16H22O3/c1-4-8-12(9-5-2)15(17)13-10-6-7-11-14(13)16(18)19-3/h6-7,10-12H,4-5,8-9H2,1-3H3. The average Bonchev–Trinajstić information content (AvgIpc) is 2.45. The molecule has 0 aliphatic rings. The second-order valence-corrected chi connectivity index (χ2v) is 4.68. The van der Waals surface area contributed by atoms with Crippen LogP contribution in [0.25, 0.3) is 0 Å². The molecule has 0 spiro atoms. The molecule has 0 amide bonds. The summed E-state index contributed by atoms with van der Waals surface area (Å²) >= 11 is 0. The van der Waals surface area contributed by atoms with Crippen molar-refractivity contribution in [3.63, 3.8) is 0 Å². The summed E-state index contributed by atoms with van der Waals surface area (Å²) in [5, 5.41) is 0. The summed E-state index contributed by atoms with van der Waals surface area (Å²) in [6.07, 6.45) is 3.66. The van der Waals surface area contributed by atoms with Crippen LogP contribution in [0.3, 0.4) is 0 Å². The molecule has 19 heavy (non-hydrogen) atoms. The molecule has 104 valence electrons. The topological polar surface area (TPSA) is 43.4 Å². The van der Waals surface area contributed by atoms with Gasteiger partial charge in [0.1, 0.15) is 0 Å². The molecule has 0 aliphatic carbocycles. The van der Waals surface area contributed by atoms with E-state index in [2.05, 4.69) is 13.8 Å². The molecule has 0 saturated carbocycles. The quantitative estimate of drug-likeness (QED) is 0.553. The maximum atomic E-state index is 12.6. The fourth-order valence-electron chi connectivity index (χ4n) is 2.31. The lowest BCUT2D eigenvalue weighted by Crippen LogP contribution is -2.18.